The Morgan fingerprint density at radius 1 is 1.50 bits per heavy atom. The van der Waals surface area contributed by atoms with Gasteiger partial charge < -0.3 is 15.3 Å². The van der Waals surface area contributed by atoms with Crippen molar-refractivity contribution in [1.29, 1.82) is 0 Å². The average Bonchev–Trinajstić information content (AvgIpc) is 2.47. The van der Waals surface area contributed by atoms with Crippen molar-refractivity contribution in [2.24, 2.45) is 5.92 Å². The van der Waals surface area contributed by atoms with Crippen LogP contribution < -0.4 is 5.32 Å². The molecule has 0 radical (unpaired) electrons. The van der Waals surface area contributed by atoms with Crippen molar-refractivity contribution in [3.63, 3.8) is 0 Å². The third-order valence-corrected chi connectivity index (χ3v) is 3.27. The van der Waals surface area contributed by atoms with Gasteiger partial charge in [-0.25, -0.2) is 4.79 Å². The molecule has 1 atom stereocenters. The Kier molecular flexibility index (Phi) is 7.01. The van der Waals surface area contributed by atoms with Crippen molar-refractivity contribution in [2.45, 2.75) is 33.2 Å². The van der Waals surface area contributed by atoms with Gasteiger partial charge in [0.1, 0.15) is 0 Å². The SMILES string of the molecule is CCc1ccc(CN(C)C(=O)NCC[C@H](C)CO)nc1. The summed E-state index contributed by atoms with van der Waals surface area (Å²) in [5.41, 5.74) is 2.07. The number of carbonyl (C=O) groups excluding carboxylic acids is 1. The second-order valence-electron chi connectivity index (χ2n) is 5.18. The summed E-state index contributed by atoms with van der Waals surface area (Å²) < 4.78 is 0. The van der Waals surface area contributed by atoms with Gasteiger partial charge in [-0.3, -0.25) is 4.98 Å². The third-order valence-electron chi connectivity index (χ3n) is 3.27. The summed E-state index contributed by atoms with van der Waals surface area (Å²) in [4.78, 5) is 17.8. The first-order chi connectivity index (χ1) is 9.56. The maximum atomic E-state index is 11.9. The Hall–Kier alpha value is -1.62. The highest BCUT2D eigenvalue weighted by Crippen LogP contribution is 2.04. The Labute approximate surface area is 121 Å². The number of aromatic nitrogens is 1. The van der Waals surface area contributed by atoms with Crippen molar-refractivity contribution < 1.29 is 9.90 Å². The van der Waals surface area contributed by atoms with E-state index in [0.29, 0.717) is 13.1 Å². The fourth-order valence-electron chi connectivity index (χ4n) is 1.72. The zero-order valence-electron chi connectivity index (χ0n) is 12.6. The minimum Gasteiger partial charge on any atom is -0.396 e. The lowest BCUT2D eigenvalue weighted by Crippen LogP contribution is -2.37. The molecule has 5 nitrogen and oxygen atoms in total. The van der Waals surface area contributed by atoms with Crippen LogP contribution in [-0.4, -0.2) is 41.2 Å². The highest BCUT2D eigenvalue weighted by molar-refractivity contribution is 5.73. The molecule has 1 rings (SSSR count). The molecule has 0 saturated carbocycles. The topological polar surface area (TPSA) is 65.5 Å². The number of pyridine rings is 1. The highest BCUT2D eigenvalue weighted by atomic mass is 16.3. The van der Waals surface area contributed by atoms with E-state index in [4.69, 9.17) is 5.11 Å². The minimum absolute atomic E-state index is 0.114. The number of rotatable bonds is 7. The van der Waals surface area contributed by atoms with Crippen molar-refractivity contribution in [3.05, 3.63) is 29.6 Å². The van der Waals surface area contributed by atoms with Gasteiger partial charge in [0.25, 0.3) is 0 Å². The number of hydrogen-bond donors (Lipinski definition) is 2. The molecule has 0 aromatic carbocycles. The van der Waals surface area contributed by atoms with Crippen LogP contribution in [0.2, 0.25) is 0 Å². The number of nitrogens with one attached hydrogen (secondary N) is 1. The van der Waals surface area contributed by atoms with Crippen LogP contribution in [0.5, 0.6) is 0 Å². The van der Waals surface area contributed by atoms with Gasteiger partial charge in [0.05, 0.1) is 12.2 Å². The van der Waals surface area contributed by atoms with Gasteiger partial charge in [0, 0.05) is 26.4 Å². The van der Waals surface area contributed by atoms with Crippen molar-refractivity contribution in [2.75, 3.05) is 20.2 Å². The van der Waals surface area contributed by atoms with Gasteiger partial charge in [-0.1, -0.05) is 19.9 Å². The lowest BCUT2D eigenvalue weighted by atomic mass is 10.1. The lowest BCUT2D eigenvalue weighted by Gasteiger charge is -2.18. The fourth-order valence-corrected chi connectivity index (χ4v) is 1.72. The minimum atomic E-state index is -0.114. The number of hydrogen-bond acceptors (Lipinski definition) is 3. The van der Waals surface area contributed by atoms with E-state index in [0.717, 1.165) is 18.5 Å². The van der Waals surface area contributed by atoms with Crippen LogP contribution in [-0.2, 0) is 13.0 Å². The Morgan fingerprint density at radius 2 is 2.25 bits per heavy atom. The molecule has 5 heteroatoms. The van der Waals surface area contributed by atoms with Crippen LogP contribution >= 0.6 is 0 Å². The second-order valence-corrected chi connectivity index (χ2v) is 5.18. The Bertz CT molecular complexity index is 406. The molecule has 0 bridgehead atoms. The summed E-state index contributed by atoms with van der Waals surface area (Å²) in [5.74, 6) is 0.212. The number of aryl methyl sites for hydroxylation is 1. The van der Waals surface area contributed by atoms with Crippen molar-refractivity contribution in [3.8, 4) is 0 Å². The lowest BCUT2D eigenvalue weighted by molar-refractivity contribution is 0.201. The highest BCUT2D eigenvalue weighted by Gasteiger charge is 2.09. The van der Waals surface area contributed by atoms with E-state index < -0.39 is 0 Å². The molecule has 2 amide bonds. The summed E-state index contributed by atoms with van der Waals surface area (Å²) in [6, 6.07) is 3.88. The van der Waals surface area contributed by atoms with Gasteiger partial charge in [0.15, 0.2) is 0 Å². The normalized spacial score (nSPS) is 12.0. The van der Waals surface area contributed by atoms with Crippen LogP contribution in [0, 0.1) is 5.92 Å². The third kappa shape index (κ3) is 5.57. The summed E-state index contributed by atoms with van der Waals surface area (Å²) >= 11 is 0. The molecule has 0 aliphatic heterocycles. The van der Waals surface area contributed by atoms with Gasteiger partial charge >= 0.3 is 6.03 Å². The number of nitrogens with zero attached hydrogens (tertiary/aromatic N) is 2. The molecule has 20 heavy (non-hydrogen) atoms. The van der Waals surface area contributed by atoms with Crippen LogP contribution in [0.25, 0.3) is 0 Å². The molecule has 0 spiro atoms. The Morgan fingerprint density at radius 3 is 2.80 bits per heavy atom. The fraction of sp³-hybridized carbons (Fsp3) is 0.600. The quantitative estimate of drug-likeness (QED) is 0.800. The number of amides is 2. The monoisotopic (exact) mass is 279 g/mol. The van der Waals surface area contributed by atoms with E-state index in [9.17, 15) is 4.79 Å². The molecular formula is C15H25N3O2. The summed E-state index contributed by atoms with van der Waals surface area (Å²) in [6.45, 7) is 5.26. The Balaban J connectivity index is 2.36. The van der Waals surface area contributed by atoms with Gasteiger partial charge in [0.2, 0.25) is 0 Å². The molecule has 1 aromatic rings. The molecule has 0 unspecified atom stereocenters. The van der Waals surface area contributed by atoms with Crippen LogP contribution in [0.15, 0.2) is 18.3 Å². The first-order valence-electron chi connectivity index (χ1n) is 7.10. The molecule has 2 N–H and O–H groups in total. The number of aliphatic hydroxyl groups is 1. The van der Waals surface area contributed by atoms with E-state index in [-0.39, 0.29) is 18.6 Å². The van der Waals surface area contributed by atoms with Crippen LogP contribution in [0.4, 0.5) is 4.79 Å². The standard InChI is InChI=1S/C15H25N3O2/c1-4-13-5-6-14(17-9-13)10-18(3)15(20)16-8-7-12(2)11-19/h5-6,9,12,19H,4,7-8,10-11H2,1-3H3,(H,16,20)/t12-/m0/s1. The molecule has 0 fully saturated rings. The predicted molar refractivity (Wildman–Crippen MR) is 79.3 cm³/mol. The molecule has 0 aliphatic carbocycles. The largest absolute Gasteiger partial charge is 0.396 e. The smallest absolute Gasteiger partial charge is 0.317 e. The summed E-state index contributed by atoms with van der Waals surface area (Å²) in [5, 5.41) is 11.8. The van der Waals surface area contributed by atoms with Crippen molar-refractivity contribution in [1.82, 2.24) is 15.2 Å². The first-order valence-corrected chi connectivity index (χ1v) is 7.10. The molecule has 0 aliphatic rings. The summed E-state index contributed by atoms with van der Waals surface area (Å²) in [6.07, 6.45) is 3.59. The molecule has 1 heterocycles. The van der Waals surface area contributed by atoms with E-state index in [1.54, 1.807) is 11.9 Å². The second kappa shape index (κ2) is 8.53. The number of carbonyl (C=O) groups is 1. The molecule has 112 valence electrons. The van der Waals surface area contributed by atoms with Gasteiger partial charge in [-0.15, -0.1) is 0 Å². The van der Waals surface area contributed by atoms with E-state index in [1.165, 1.54) is 5.56 Å². The molecular weight excluding hydrogens is 254 g/mol. The number of urea groups is 1. The van der Waals surface area contributed by atoms with E-state index in [2.05, 4.69) is 17.2 Å². The maximum Gasteiger partial charge on any atom is 0.317 e. The van der Waals surface area contributed by atoms with Gasteiger partial charge in [-0.05, 0) is 30.4 Å². The number of aliphatic hydroxyl groups excluding tert-OH is 1. The van der Waals surface area contributed by atoms with Gasteiger partial charge in [-0.2, -0.15) is 0 Å². The van der Waals surface area contributed by atoms with Crippen LogP contribution in [0.1, 0.15) is 31.5 Å². The van der Waals surface area contributed by atoms with E-state index >= 15 is 0 Å². The zero-order valence-corrected chi connectivity index (χ0v) is 12.6. The first kappa shape index (κ1) is 16.4. The average molecular weight is 279 g/mol. The maximum absolute atomic E-state index is 11.9. The van der Waals surface area contributed by atoms with Crippen molar-refractivity contribution >= 4 is 6.03 Å². The summed E-state index contributed by atoms with van der Waals surface area (Å²) in [7, 11) is 1.75. The molecule has 1 aromatic heterocycles. The van der Waals surface area contributed by atoms with E-state index in [1.807, 2.05) is 25.3 Å². The zero-order chi connectivity index (χ0) is 15.0. The predicted octanol–water partition coefficient (Wildman–Crippen LogP) is 1.80. The molecule has 0 saturated heterocycles. The van der Waals surface area contributed by atoms with Crippen LogP contribution in [0.3, 0.4) is 0 Å².